The number of nitrogens with zero attached hydrogens (tertiary/aromatic N) is 3. The lowest BCUT2D eigenvalue weighted by atomic mass is 10.1. The zero-order valence-electron chi connectivity index (χ0n) is 17.3. The van der Waals surface area contributed by atoms with E-state index in [1.807, 2.05) is 63.2 Å². The highest BCUT2D eigenvalue weighted by Crippen LogP contribution is 2.27. The third kappa shape index (κ3) is 4.48. The lowest BCUT2D eigenvalue weighted by Crippen LogP contribution is -2.14. The third-order valence-electron chi connectivity index (χ3n) is 4.86. The highest BCUT2D eigenvalue weighted by atomic mass is 35.5. The topological polar surface area (TPSA) is 59.8 Å². The summed E-state index contributed by atoms with van der Waals surface area (Å²) >= 11 is 12.1. The Kier molecular flexibility index (Phi) is 5.81. The maximum absolute atomic E-state index is 13.0. The lowest BCUT2D eigenvalue weighted by molar-refractivity contribution is 0.101. The number of carbonyl (C=O) groups is 1. The van der Waals surface area contributed by atoms with Gasteiger partial charge in [-0.15, -0.1) is 5.10 Å². The van der Waals surface area contributed by atoms with Crippen molar-refractivity contribution in [2.75, 3.05) is 5.32 Å². The van der Waals surface area contributed by atoms with Crippen molar-refractivity contribution < 1.29 is 4.79 Å². The van der Waals surface area contributed by atoms with Crippen molar-refractivity contribution in [1.82, 2.24) is 14.8 Å². The van der Waals surface area contributed by atoms with Crippen LogP contribution in [-0.2, 0) is 0 Å². The van der Waals surface area contributed by atoms with E-state index in [4.69, 9.17) is 23.2 Å². The fourth-order valence-electron chi connectivity index (χ4n) is 3.26. The molecule has 0 spiro atoms. The second-order valence-electron chi connectivity index (χ2n) is 7.41. The molecule has 0 unspecified atom stereocenters. The van der Waals surface area contributed by atoms with Crippen LogP contribution in [0.3, 0.4) is 0 Å². The van der Waals surface area contributed by atoms with Crippen LogP contribution in [0.1, 0.15) is 27.3 Å². The van der Waals surface area contributed by atoms with E-state index in [0.717, 1.165) is 27.9 Å². The first-order valence-corrected chi connectivity index (χ1v) is 10.5. The van der Waals surface area contributed by atoms with Crippen LogP contribution < -0.4 is 5.32 Å². The van der Waals surface area contributed by atoms with Gasteiger partial charge in [0.25, 0.3) is 5.91 Å². The molecule has 156 valence electrons. The van der Waals surface area contributed by atoms with E-state index < -0.39 is 5.91 Å². The van der Waals surface area contributed by atoms with Crippen LogP contribution in [-0.4, -0.2) is 20.7 Å². The molecule has 3 aromatic carbocycles. The molecular weight excluding hydrogens is 431 g/mol. The standard InChI is InChI=1S/C24H20Cl2N4O/c1-14-5-4-6-17(11-14)23-28-22(24(31)27-20-10-9-18(25)13-19(20)26)29-30(23)21-12-15(2)7-8-16(21)3/h4-13H,1-3H3,(H,27,31). The van der Waals surface area contributed by atoms with Crippen LogP contribution in [0.15, 0.2) is 60.7 Å². The molecule has 0 aliphatic carbocycles. The van der Waals surface area contributed by atoms with Gasteiger partial charge in [-0.2, -0.15) is 0 Å². The monoisotopic (exact) mass is 450 g/mol. The van der Waals surface area contributed by atoms with E-state index in [1.54, 1.807) is 22.9 Å². The molecule has 0 saturated carbocycles. The minimum Gasteiger partial charge on any atom is -0.318 e. The molecule has 1 N–H and O–H groups in total. The number of hydrogen-bond acceptors (Lipinski definition) is 3. The summed E-state index contributed by atoms with van der Waals surface area (Å²) in [7, 11) is 0. The number of halogens is 2. The molecule has 31 heavy (non-hydrogen) atoms. The Morgan fingerprint density at radius 1 is 0.935 bits per heavy atom. The molecule has 1 amide bonds. The maximum atomic E-state index is 13.0. The van der Waals surface area contributed by atoms with Crippen molar-refractivity contribution in [3.05, 3.63) is 93.2 Å². The van der Waals surface area contributed by atoms with Crippen molar-refractivity contribution in [1.29, 1.82) is 0 Å². The molecule has 1 heterocycles. The number of aryl methyl sites for hydroxylation is 3. The van der Waals surface area contributed by atoms with Crippen molar-refractivity contribution in [3.8, 4) is 17.1 Å². The third-order valence-corrected chi connectivity index (χ3v) is 5.41. The van der Waals surface area contributed by atoms with E-state index in [0.29, 0.717) is 21.6 Å². The molecule has 0 aliphatic rings. The van der Waals surface area contributed by atoms with Gasteiger partial charge in [0.05, 0.1) is 16.4 Å². The number of rotatable bonds is 4. The number of amides is 1. The van der Waals surface area contributed by atoms with Crippen LogP contribution in [0.25, 0.3) is 17.1 Å². The Morgan fingerprint density at radius 2 is 1.71 bits per heavy atom. The Bertz CT molecular complexity index is 1300. The summed E-state index contributed by atoms with van der Waals surface area (Å²) < 4.78 is 1.72. The molecule has 0 bridgehead atoms. The molecule has 0 saturated heterocycles. The lowest BCUT2D eigenvalue weighted by Gasteiger charge is -2.10. The molecular formula is C24H20Cl2N4O. The van der Waals surface area contributed by atoms with E-state index in [1.165, 1.54) is 0 Å². The van der Waals surface area contributed by atoms with Gasteiger partial charge in [0.2, 0.25) is 5.82 Å². The fourth-order valence-corrected chi connectivity index (χ4v) is 3.72. The quantitative estimate of drug-likeness (QED) is 0.390. The molecule has 0 atom stereocenters. The van der Waals surface area contributed by atoms with Crippen LogP contribution in [0.5, 0.6) is 0 Å². The summed E-state index contributed by atoms with van der Waals surface area (Å²) in [5, 5.41) is 8.15. The largest absolute Gasteiger partial charge is 0.318 e. The highest BCUT2D eigenvalue weighted by molar-refractivity contribution is 6.36. The minimum atomic E-state index is -0.456. The van der Waals surface area contributed by atoms with Crippen LogP contribution >= 0.6 is 23.2 Å². The van der Waals surface area contributed by atoms with E-state index in [2.05, 4.69) is 15.4 Å². The highest BCUT2D eigenvalue weighted by Gasteiger charge is 2.20. The van der Waals surface area contributed by atoms with Crippen LogP contribution in [0.2, 0.25) is 10.0 Å². The van der Waals surface area contributed by atoms with Crippen molar-refractivity contribution in [2.24, 2.45) is 0 Å². The van der Waals surface area contributed by atoms with E-state index in [-0.39, 0.29) is 5.82 Å². The van der Waals surface area contributed by atoms with Crippen molar-refractivity contribution in [3.63, 3.8) is 0 Å². The predicted octanol–water partition coefficient (Wildman–Crippen LogP) is 6.42. The van der Waals surface area contributed by atoms with E-state index >= 15 is 0 Å². The van der Waals surface area contributed by atoms with Gasteiger partial charge in [0.1, 0.15) is 0 Å². The predicted molar refractivity (Wildman–Crippen MR) is 125 cm³/mol. The average Bonchev–Trinajstić information content (AvgIpc) is 3.17. The summed E-state index contributed by atoms with van der Waals surface area (Å²) in [4.78, 5) is 17.5. The molecule has 4 aromatic rings. The number of anilines is 1. The molecule has 0 aliphatic heterocycles. The molecule has 0 radical (unpaired) electrons. The Balaban J connectivity index is 1.81. The first-order valence-electron chi connectivity index (χ1n) is 9.70. The smallest absolute Gasteiger partial charge is 0.295 e. The normalized spacial score (nSPS) is 10.9. The van der Waals surface area contributed by atoms with Crippen molar-refractivity contribution >= 4 is 34.8 Å². The first-order chi connectivity index (χ1) is 14.8. The Hall–Kier alpha value is -3.15. The summed E-state index contributed by atoms with van der Waals surface area (Å²) in [5.41, 5.74) is 5.38. The van der Waals surface area contributed by atoms with Gasteiger partial charge in [0.15, 0.2) is 5.82 Å². The fraction of sp³-hybridized carbons (Fsp3) is 0.125. The van der Waals surface area contributed by atoms with Gasteiger partial charge in [0, 0.05) is 10.6 Å². The number of aromatic nitrogens is 3. The summed E-state index contributed by atoms with van der Waals surface area (Å²) in [6, 6.07) is 18.9. The molecule has 7 heteroatoms. The number of nitrogens with one attached hydrogen (secondary N) is 1. The van der Waals surface area contributed by atoms with Crippen LogP contribution in [0, 0.1) is 20.8 Å². The summed E-state index contributed by atoms with van der Waals surface area (Å²) in [6.07, 6.45) is 0. The number of benzene rings is 3. The van der Waals surface area contributed by atoms with Gasteiger partial charge < -0.3 is 5.32 Å². The first kappa shape index (κ1) is 21.1. The zero-order chi connectivity index (χ0) is 22.1. The Morgan fingerprint density at radius 3 is 2.45 bits per heavy atom. The second kappa shape index (κ2) is 8.53. The van der Waals surface area contributed by atoms with Gasteiger partial charge >= 0.3 is 0 Å². The molecule has 4 rings (SSSR count). The average molecular weight is 451 g/mol. The van der Waals surface area contributed by atoms with Gasteiger partial charge in [-0.1, -0.05) is 59.1 Å². The number of hydrogen-bond donors (Lipinski definition) is 1. The molecule has 5 nitrogen and oxygen atoms in total. The summed E-state index contributed by atoms with van der Waals surface area (Å²) in [6.45, 7) is 6.03. The maximum Gasteiger partial charge on any atom is 0.295 e. The Labute approximate surface area is 190 Å². The van der Waals surface area contributed by atoms with E-state index in [9.17, 15) is 4.79 Å². The SMILES string of the molecule is Cc1cccc(-c2nc(C(=O)Nc3ccc(Cl)cc3Cl)nn2-c2cc(C)ccc2C)c1. The molecule has 1 aromatic heterocycles. The number of carbonyl (C=O) groups excluding carboxylic acids is 1. The van der Waals surface area contributed by atoms with Crippen LogP contribution in [0.4, 0.5) is 5.69 Å². The second-order valence-corrected chi connectivity index (χ2v) is 8.25. The zero-order valence-corrected chi connectivity index (χ0v) is 18.8. The van der Waals surface area contributed by atoms with Gasteiger partial charge in [-0.3, -0.25) is 4.79 Å². The molecule has 0 fully saturated rings. The summed E-state index contributed by atoms with van der Waals surface area (Å²) in [5.74, 6) is 0.176. The van der Waals surface area contributed by atoms with Crippen molar-refractivity contribution in [2.45, 2.75) is 20.8 Å². The van der Waals surface area contributed by atoms with Gasteiger partial charge in [-0.05, 0) is 62.2 Å². The minimum absolute atomic E-state index is 0.0448. The van der Waals surface area contributed by atoms with Gasteiger partial charge in [-0.25, -0.2) is 9.67 Å².